The van der Waals surface area contributed by atoms with E-state index < -0.39 is 17.9 Å². The largest absolute Gasteiger partial charge is 0.506 e. The number of pyridine rings is 1. The number of aromatic nitrogens is 3. The number of aromatic hydroxyl groups is 1. The van der Waals surface area contributed by atoms with Crippen molar-refractivity contribution in [3.05, 3.63) is 53.8 Å². The molecule has 1 aliphatic rings. The summed E-state index contributed by atoms with van der Waals surface area (Å²) in [6.07, 6.45) is 9.65. The standard InChI is InChI=1S/C7H10N2O2.C6H5F2NO.C5H10.C4H9N3/c1-9-7(4-10)3-6(8-9)5-11-2;7-6(8)5-4(10)2-1-3-9-5;1-2-4-5-3-1;1-7-4(6)2-3-5/h3-4H,5H2,1-2H3;1-3,6,10H;1-5H2;2-3H,5H2,1H3,(H2,6,7)/b;;;3-2-. The van der Waals surface area contributed by atoms with Crippen molar-refractivity contribution in [2.24, 2.45) is 23.5 Å². The van der Waals surface area contributed by atoms with Crippen LogP contribution >= 0.6 is 0 Å². The first-order valence-electron chi connectivity index (χ1n) is 10.3. The molecule has 1 saturated carbocycles. The first-order valence-corrected chi connectivity index (χ1v) is 10.3. The topological polar surface area (TPSA) is 142 Å². The molecule has 0 saturated heterocycles. The van der Waals surface area contributed by atoms with Gasteiger partial charge in [0.05, 0.1) is 12.3 Å². The highest BCUT2D eigenvalue weighted by Crippen LogP contribution is 2.24. The lowest BCUT2D eigenvalue weighted by molar-refractivity contribution is 0.111. The van der Waals surface area contributed by atoms with Crippen LogP contribution in [0.2, 0.25) is 0 Å². The van der Waals surface area contributed by atoms with Crippen LogP contribution in [0.1, 0.15) is 60.4 Å². The molecule has 0 radical (unpaired) electrons. The van der Waals surface area contributed by atoms with Crippen molar-refractivity contribution in [1.82, 2.24) is 14.8 Å². The van der Waals surface area contributed by atoms with Gasteiger partial charge in [0, 0.05) is 27.4 Å². The number of carbonyl (C=O) groups is 1. The van der Waals surface area contributed by atoms with Gasteiger partial charge in [-0.25, -0.2) is 8.78 Å². The third-order valence-corrected chi connectivity index (χ3v) is 4.18. The maximum Gasteiger partial charge on any atom is 0.284 e. The Kier molecular flexibility index (Phi) is 16.4. The van der Waals surface area contributed by atoms with Gasteiger partial charge in [-0.1, -0.05) is 32.1 Å². The minimum absolute atomic E-state index is 0.446. The number of carbonyl (C=O) groups excluding carboxylic acids is 1. The predicted molar refractivity (Wildman–Crippen MR) is 124 cm³/mol. The van der Waals surface area contributed by atoms with Crippen molar-refractivity contribution in [3.8, 4) is 5.75 Å². The number of ether oxygens (including phenoxy) is 1. The zero-order valence-electron chi connectivity index (χ0n) is 19.3. The highest BCUT2D eigenvalue weighted by Gasteiger charge is 2.12. The molecule has 3 rings (SSSR count). The predicted octanol–water partition coefficient (Wildman–Crippen LogP) is 3.50. The molecule has 0 unspecified atom stereocenters. The first-order chi connectivity index (χ1) is 15.8. The molecule has 2 aromatic heterocycles. The van der Waals surface area contributed by atoms with E-state index in [1.807, 2.05) is 0 Å². The summed E-state index contributed by atoms with van der Waals surface area (Å²) in [5, 5.41) is 12.8. The van der Waals surface area contributed by atoms with E-state index in [2.05, 4.69) is 15.1 Å². The summed E-state index contributed by atoms with van der Waals surface area (Å²) >= 11 is 0. The SMILES string of the molecule is C1CCCC1.CN=C(N)/C=C\N.COCc1cc(C=O)n(C)n1.Oc1cccnc1C(F)F. The molecular weight excluding hydrogens is 434 g/mol. The summed E-state index contributed by atoms with van der Waals surface area (Å²) in [4.78, 5) is 17.2. The molecule has 11 heteroatoms. The van der Waals surface area contributed by atoms with E-state index in [1.54, 1.807) is 27.3 Å². The van der Waals surface area contributed by atoms with Crippen molar-refractivity contribution >= 4 is 12.1 Å². The Balaban J connectivity index is 0.000000430. The molecule has 0 spiro atoms. The molecule has 33 heavy (non-hydrogen) atoms. The number of hydrogen-bond donors (Lipinski definition) is 3. The average molecular weight is 469 g/mol. The van der Waals surface area contributed by atoms with Gasteiger partial charge in [0.1, 0.15) is 23.0 Å². The van der Waals surface area contributed by atoms with Crippen molar-refractivity contribution in [2.75, 3.05) is 14.2 Å². The Hall–Kier alpha value is -3.34. The van der Waals surface area contributed by atoms with E-state index in [0.29, 0.717) is 18.1 Å². The van der Waals surface area contributed by atoms with Crippen LogP contribution in [0.3, 0.4) is 0 Å². The van der Waals surface area contributed by atoms with E-state index in [9.17, 15) is 13.6 Å². The van der Waals surface area contributed by atoms with Crippen molar-refractivity contribution in [1.29, 1.82) is 0 Å². The second kappa shape index (κ2) is 18.3. The van der Waals surface area contributed by atoms with Gasteiger partial charge >= 0.3 is 0 Å². The summed E-state index contributed by atoms with van der Waals surface area (Å²) in [6.45, 7) is 0.446. The van der Waals surface area contributed by atoms with Crippen LogP contribution in [0.15, 0.2) is 41.7 Å². The lowest BCUT2D eigenvalue weighted by Crippen LogP contribution is -2.07. The summed E-state index contributed by atoms with van der Waals surface area (Å²) in [5.74, 6) is -0.0139. The van der Waals surface area contributed by atoms with E-state index in [4.69, 9.17) is 21.3 Å². The molecule has 2 aromatic rings. The molecular formula is C22H34F2N6O3. The maximum atomic E-state index is 11.8. The smallest absolute Gasteiger partial charge is 0.284 e. The van der Waals surface area contributed by atoms with Crippen molar-refractivity contribution in [3.63, 3.8) is 0 Å². The zero-order valence-corrected chi connectivity index (χ0v) is 19.3. The number of methoxy groups -OCH3 is 1. The van der Waals surface area contributed by atoms with E-state index >= 15 is 0 Å². The third kappa shape index (κ3) is 13.6. The molecule has 1 fully saturated rings. The average Bonchev–Trinajstić information content (AvgIpc) is 3.48. The zero-order chi connectivity index (χ0) is 25.1. The van der Waals surface area contributed by atoms with Gasteiger partial charge in [-0.15, -0.1) is 0 Å². The minimum Gasteiger partial charge on any atom is -0.506 e. The molecule has 9 nitrogen and oxygen atoms in total. The van der Waals surface area contributed by atoms with E-state index in [-0.39, 0.29) is 0 Å². The highest BCUT2D eigenvalue weighted by atomic mass is 19.3. The number of halogens is 2. The monoisotopic (exact) mass is 468 g/mol. The summed E-state index contributed by atoms with van der Waals surface area (Å²) in [7, 11) is 4.92. The van der Waals surface area contributed by atoms with Gasteiger partial charge in [0.2, 0.25) is 0 Å². The molecule has 0 aromatic carbocycles. The Morgan fingerprint density at radius 3 is 2.27 bits per heavy atom. The fourth-order valence-electron chi connectivity index (χ4n) is 2.51. The maximum absolute atomic E-state index is 11.8. The second-order valence-electron chi connectivity index (χ2n) is 6.72. The number of rotatable bonds is 5. The Labute approximate surface area is 193 Å². The van der Waals surface area contributed by atoms with Crippen LogP contribution in [0.5, 0.6) is 5.75 Å². The van der Waals surface area contributed by atoms with Crippen LogP contribution < -0.4 is 11.5 Å². The number of amidine groups is 1. The fraction of sp³-hybridized carbons (Fsp3) is 0.455. The van der Waals surface area contributed by atoms with E-state index in [0.717, 1.165) is 12.0 Å². The Morgan fingerprint density at radius 1 is 1.33 bits per heavy atom. The number of aryl methyl sites for hydroxylation is 1. The lowest BCUT2D eigenvalue weighted by Gasteiger charge is -1.98. The molecule has 2 heterocycles. The normalized spacial score (nSPS) is 12.8. The first kappa shape index (κ1) is 29.7. The van der Waals surface area contributed by atoms with Crippen LogP contribution in [0.25, 0.3) is 0 Å². The van der Waals surface area contributed by atoms with Gasteiger partial charge in [0.15, 0.2) is 6.29 Å². The lowest BCUT2D eigenvalue weighted by atomic mass is 10.3. The molecule has 5 N–H and O–H groups in total. The molecule has 0 bridgehead atoms. The molecule has 1 aliphatic carbocycles. The summed E-state index contributed by atoms with van der Waals surface area (Å²) in [5.41, 5.74) is 10.9. The molecule has 0 aliphatic heterocycles. The summed E-state index contributed by atoms with van der Waals surface area (Å²) < 4.78 is 30.0. The number of alkyl halides is 2. The number of nitrogens with two attached hydrogens (primary N) is 2. The third-order valence-electron chi connectivity index (χ3n) is 4.18. The highest BCUT2D eigenvalue weighted by molar-refractivity contribution is 5.91. The van der Waals surface area contributed by atoms with Gasteiger partial charge in [-0.2, -0.15) is 5.10 Å². The number of aldehydes is 1. The molecule has 184 valence electrons. The van der Waals surface area contributed by atoms with Crippen LogP contribution in [0, 0.1) is 0 Å². The Bertz CT molecular complexity index is 845. The van der Waals surface area contributed by atoms with Gasteiger partial charge in [0.25, 0.3) is 6.43 Å². The van der Waals surface area contributed by atoms with Gasteiger partial charge < -0.3 is 21.3 Å². The number of nitrogens with zero attached hydrogens (tertiary/aromatic N) is 4. The van der Waals surface area contributed by atoms with Crippen molar-refractivity contribution in [2.45, 2.75) is 45.1 Å². The van der Waals surface area contributed by atoms with Crippen LogP contribution in [-0.4, -0.2) is 46.2 Å². The molecule has 0 amide bonds. The van der Waals surface area contributed by atoms with E-state index in [1.165, 1.54) is 67.4 Å². The van der Waals surface area contributed by atoms with Crippen molar-refractivity contribution < 1.29 is 23.4 Å². The van der Waals surface area contributed by atoms with Gasteiger partial charge in [-0.05, 0) is 30.5 Å². The minimum atomic E-state index is -2.71. The van der Waals surface area contributed by atoms with Gasteiger partial charge in [-0.3, -0.25) is 19.5 Å². The molecule has 0 atom stereocenters. The second-order valence-corrected chi connectivity index (χ2v) is 6.72. The number of hydrogen-bond acceptors (Lipinski definition) is 7. The number of aliphatic imine (C=N–C) groups is 1. The quantitative estimate of drug-likeness (QED) is 0.346. The summed E-state index contributed by atoms with van der Waals surface area (Å²) in [6, 6.07) is 4.27. The Morgan fingerprint density at radius 2 is 1.94 bits per heavy atom. The van der Waals surface area contributed by atoms with Crippen LogP contribution in [0.4, 0.5) is 8.78 Å². The van der Waals surface area contributed by atoms with Crippen LogP contribution in [-0.2, 0) is 18.4 Å². The fourth-order valence-corrected chi connectivity index (χ4v) is 2.51.